The van der Waals surface area contributed by atoms with E-state index in [2.05, 4.69) is 25.7 Å². The highest BCUT2D eigenvalue weighted by atomic mass is 16.5. The van der Waals surface area contributed by atoms with Gasteiger partial charge in [0.15, 0.2) is 5.96 Å². The smallest absolute Gasteiger partial charge is 0.191 e. The second-order valence-corrected chi connectivity index (χ2v) is 5.17. The first-order valence-corrected chi connectivity index (χ1v) is 7.81. The SMILES string of the molecule is CCNC(=NCc1ncnn1C)NCC(O)c1cccc(OC)c1. The van der Waals surface area contributed by atoms with Crippen molar-refractivity contribution in [3.63, 3.8) is 0 Å². The molecule has 1 unspecified atom stereocenters. The number of aryl methyl sites for hydroxylation is 1. The number of ether oxygens (including phenoxy) is 1. The molecule has 0 bridgehead atoms. The summed E-state index contributed by atoms with van der Waals surface area (Å²) < 4.78 is 6.86. The van der Waals surface area contributed by atoms with Gasteiger partial charge in [0.2, 0.25) is 0 Å². The Morgan fingerprint density at radius 3 is 2.92 bits per heavy atom. The maximum Gasteiger partial charge on any atom is 0.191 e. The Hall–Kier alpha value is -2.61. The van der Waals surface area contributed by atoms with E-state index in [-0.39, 0.29) is 0 Å². The van der Waals surface area contributed by atoms with Gasteiger partial charge in [-0.05, 0) is 24.6 Å². The van der Waals surface area contributed by atoms with Gasteiger partial charge in [-0.3, -0.25) is 4.68 Å². The number of aromatic nitrogens is 3. The highest BCUT2D eigenvalue weighted by Gasteiger charge is 2.09. The molecule has 1 atom stereocenters. The van der Waals surface area contributed by atoms with Gasteiger partial charge in [0, 0.05) is 20.1 Å². The summed E-state index contributed by atoms with van der Waals surface area (Å²) in [5.41, 5.74) is 0.783. The highest BCUT2D eigenvalue weighted by Crippen LogP contribution is 2.18. The van der Waals surface area contributed by atoms with Crippen molar-refractivity contribution in [2.45, 2.75) is 19.6 Å². The molecule has 3 N–H and O–H groups in total. The van der Waals surface area contributed by atoms with E-state index in [1.807, 2.05) is 38.2 Å². The molecule has 2 rings (SSSR count). The van der Waals surface area contributed by atoms with Crippen LogP contribution in [0.5, 0.6) is 5.75 Å². The highest BCUT2D eigenvalue weighted by molar-refractivity contribution is 5.79. The molecule has 130 valence electrons. The Morgan fingerprint density at radius 1 is 1.42 bits per heavy atom. The van der Waals surface area contributed by atoms with Crippen molar-refractivity contribution in [2.75, 3.05) is 20.2 Å². The van der Waals surface area contributed by atoms with Gasteiger partial charge in [-0.15, -0.1) is 0 Å². The van der Waals surface area contributed by atoms with Crippen LogP contribution in [0.25, 0.3) is 0 Å². The molecule has 0 amide bonds. The van der Waals surface area contributed by atoms with E-state index < -0.39 is 6.10 Å². The van der Waals surface area contributed by atoms with Crippen LogP contribution >= 0.6 is 0 Å². The normalized spacial score (nSPS) is 12.8. The molecule has 0 fully saturated rings. The van der Waals surface area contributed by atoms with Gasteiger partial charge in [0.05, 0.1) is 13.2 Å². The lowest BCUT2D eigenvalue weighted by Crippen LogP contribution is -2.39. The van der Waals surface area contributed by atoms with Crippen LogP contribution in [0.1, 0.15) is 24.4 Å². The molecule has 24 heavy (non-hydrogen) atoms. The van der Waals surface area contributed by atoms with Crippen molar-refractivity contribution in [3.05, 3.63) is 42.0 Å². The summed E-state index contributed by atoms with van der Waals surface area (Å²) in [4.78, 5) is 8.59. The third-order valence-corrected chi connectivity index (χ3v) is 3.47. The monoisotopic (exact) mass is 332 g/mol. The number of nitrogens with zero attached hydrogens (tertiary/aromatic N) is 4. The van der Waals surface area contributed by atoms with Gasteiger partial charge in [-0.2, -0.15) is 5.10 Å². The zero-order valence-electron chi connectivity index (χ0n) is 14.2. The molecule has 0 aliphatic carbocycles. The zero-order chi connectivity index (χ0) is 17.4. The minimum atomic E-state index is -0.668. The molecule has 0 aliphatic rings. The van der Waals surface area contributed by atoms with Gasteiger partial charge in [0.25, 0.3) is 0 Å². The number of hydrogen-bond acceptors (Lipinski definition) is 5. The molecular formula is C16H24N6O2. The minimum absolute atomic E-state index is 0.331. The van der Waals surface area contributed by atoms with Crippen LogP contribution in [0, 0.1) is 0 Å². The number of hydrogen-bond donors (Lipinski definition) is 3. The average Bonchev–Trinajstić information content (AvgIpc) is 3.02. The topological polar surface area (TPSA) is 96.6 Å². The van der Waals surface area contributed by atoms with E-state index in [1.165, 1.54) is 6.33 Å². The van der Waals surface area contributed by atoms with Crippen molar-refractivity contribution in [3.8, 4) is 5.75 Å². The standard InChI is InChI=1S/C16H24N6O2/c1-4-17-16(19-10-15-20-11-21-22(15)2)18-9-14(23)12-6-5-7-13(8-12)24-3/h5-8,11,14,23H,4,9-10H2,1-3H3,(H2,17,18,19). The number of methoxy groups -OCH3 is 1. The zero-order valence-corrected chi connectivity index (χ0v) is 14.2. The van der Waals surface area contributed by atoms with E-state index in [9.17, 15) is 5.11 Å². The van der Waals surface area contributed by atoms with Crippen LogP contribution in [0.15, 0.2) is 35.6 Å². The van der Waals surface area contributed by atoms with Crippen molar-refractivity contribution in [1.29, 1.82) is 0 Å². The molecule has 1 aromatic carbocycles. The Bertz CT molecular complexity index is 670. The number of benzene rings is 1. The lowest BCUT2D eigenvalue weighted by molar-refractivity contribution is 0.180. The molecule has 0 saturated heterocycles. The summed E-state index contributed by atoms with van der Waals surface area (Å²) in [6.45, 7) is 3.44. The number of rotatable bonds is 7. The summed E-state index contributed by atoms with van der Waals surface area (Å²) in [6.07, 6.45) is 0.830. The molecule has 8 nitrogen and oxygen atoms in total. The third-order valence-electron chi connectivity index (χ3n) is 3.47. The fourth-order valence-electron chi connectivity index (χ4n) is 2.11. The van der Waals surface area contributed by atoms with Crippen molar-refractivity contribution >= 4 is 5.96 Å². The molecule has 2 aromatic rings. The van der Waals surface area contributed by atoms with Gasteiger partial charge in [-0.1, -0.05) is 12.1 Å². The van der Waals surface area contributed by atoms with E-state index >= 15 is 0 Å². The number of guanidine groups is 1. The second kappa shape index (κ2) is 8.88. The fourth-order valence-corrected chi connectivity index (χ4v) is 2.11. The molecular weight excluding hydrogens is 308 g/mol. The summed E-state index contributed by atoms with van der Waals surface area (Å²) in [5.74, 6) is 2.09. The molecule has 1 aromatic heterocycles. The Balaban J connectivity index is 1.96. The molecule has 8 heteroatoms. The Labute approximate surface area is 141 Å². The van der Waals surface area contributed by atoms with E-state index in [4.69, 9.17) is 4.74 Å². The Kier molecular flexibility index (Phi) is 6.56. The Morgan fingerprint density at radius 2 is 2.25 bits per heavy atom. The van der Waals surface area contributed by atoms with Crippen molar-refractivity contribution < 1.29 is 9.84 Å². The lowest BCUT2D eigenvalue weighted by atomic mass is 10.1. The maximum atomic E-state index is 10.3. The second-order valence-electron chi connectivity index (χ2n) is 5.17. The summed E-state index contributed by atoms with van der Waals surface area (Å²) in [7, 11) is 3.43. The van der Waals surface area contributed by atoms with E-state index in [0.29, 0.717) is 19.0 Å². The molecule has 0 aliphatic heterocycles. The van der Waals surface area contributed by atoms with Crippen LogP contribution in [0.4, 0.5) is 0 Å². The molecule has 0 spiro atoms. The number of aliphatic imine (C=N–C) groups is 1. The lowest BCUT2D eigenvalue weighted by Gasteiger charge is -2.16. The number of nitrogens with one attached hydrogen (secondary N) is 2. The predicted molar refractivity (Wildman–Crippen MR) is 91.8 cm³/mol. The molecule has 1 heterocycles. The first-order chi connectivity index (χ1) is 11.6. The average molecular weight is 332 g/mol. The van der Waals surface area contributed by atoms with E-state index in [0.717, 1.165) is 23.7 Å². The van der Waals surface area contributed by atoms with Gasteiger partial charge in [0.1, 0.15) is 24.4 Å². The first-order valence-electron chi connectivity index (χ1n) is 7.81. The maximum absolute atomic E-state index is 10.3. The van der Waals surface area contributed by atoms with Crippen LogP contribution in [0.3, 0.4) is 0 Å². The molecule has 0 saturated carbocycles. The number of aliphatic hydroxyl groups is 1. The summed E-state index contributed by atoms with van der Waals surface area (Å²) in [6, 6.07) is 7.37. The van der Waals surface area contributed by atoms with Gasteiger partial charge >= 0.3 is 0 Å². The molecule has 0 radical (unpaired) electrons. The van der Waals surface area contributed by atoms with Crippen LogP contribution in [-0.2, 0) is 13.6 Å². The van der Waals surface area contributed by atoms with Crippen molar-refractivity contribution in [1.82, 2.24) is 25.4 Å². The largest absolute Gasteiger partial charge is 0.497 e. The predicted octanol–water partition coefficient (Wildman–Crippen LogP) is 0.612. The van der Waals surface area contributed by atoms with E-state index in [1.54, 1.807) is 11.8 Å². The quantitative estimate of drug-likeness (QED) is 0.508. The van der Waals surface area contributed by atoms with Crippen LogP contribution < -0.4 is 15.4 Å². The van der Waals surface area contributed by atoms with Gasteiger partial charge in [-0.25, -0.2) is 9.98 Å². The summed E-state index contributed by atoms with van der Waals surface area (Å²) >= 11 is 0. The van der Waals surface area contributed by atoms with Gasteiger partial charge < -0.3 is 20.5 Å². The van der Waals surface area contributed by atoms with Crippen LogP contribution in [0.2, 0.25) is 0 Å². The minimum Gasteiger partial charge on any atom is -0.497 e. The van der Waals surface area contributed by atoms with Crippen molar-refractivity contribution in [2.24, 2.45) is 12.0 Å². The van der Waals surface area contributed by atoms with Crippen LogP contribution in [-0.4, -0.2) is 46.0 Å². The summed E-state index contributed by atoms with van der Waals surface area (Å²) in [5, 5.41) is 20.6. The number of aliphatic hydroxyl groups excluding tert-OH is 1. The first kappa shape index (κ1) is 17.7. The third kappa shape index (κ3) is 4.95. The fraction of sp³-hybridized carbons (Fsp3) is 0.438.